The summed E-state index contributed by atoms with van der Waals surface area (Å²) in [6.45, 7) is 7.96. The van der Waals surface area contributed by atoms with E-state index in [1.54, 1.807) is 0 Å². The van der Waals surface area contributed by atoms with Crippen LogP contribution in [0.25, 0.3) is 0 Å². The molecule has 0 saturated carbocycles. The molecule has 2 rings (SSSR count). The number of benzene rings is 1. The monoisotopic (exact) mass is 276 g/mol. The second kappa shape index (κ2) is 6.86. The Morgan fingerprint density at radius 1 is 1.15 bits per heavy atom. The standard InChI is InChI=1S/C16H24N2O2/c1-3-13(2)17-9-11-18(12-10-17)15(16(19)20)14-7-5-4-6-8-14/h4-8,13,15H,3,9-12H2,1-2H3,(H,19,20). The summed E-state index contributed by atoms with van der Waals surface area (Å²) < 4.78 is 0. The molecule has 110 valence electrons. The zero-order valence-electron chi connectivity index (χ0n) is 12.3. The molecule has 20 heavy (non-hydrogen) atoms. The van der Waals surface area contributed by atoms with Crippen LogP contribution in [-0.2, 0) is 4.79 Å². The quantitative estimate of drug-likeness (QED) is 0.895. The number of aliphatic carboxylic acids is 1. The van der Waals surface area contributed by atoms with Gasteiger partial charge in [-0.25, -0.2) is 0 Å². The first kappa shape index (κ1) is 15.0. The van der Waals surface area contributed by atoms with Crippen LogP contribution in [0.4, 0.5) is 0 Å². The Bertz CT molecular complexity index is 427. The van der Waals surface area contributed by atoms with Crippen LogP contribution in [0.2, 0.25) is 0 Å². The zero-order valence-corrected chi connectivity index (χ0v) is 12.3. The first-order chi connectivity index (χ1) is 9.63. The molecule has 2 unspecified atom stereocenters. The lowest BCUT2D eigenvalue weighted by molar-refractivity contribution is -0.144. The molecular weight excluding hydrogens is 252 g/mol. The van der Waals surface area contributed by atoms with E-state index in [9.17, 15) is 9.90 Å². The van der Waals surface area contributed by atoms with E-state index in [1.807, 2.05) is 30.3 Å². The number of hydrogen-bond acceptors (Lipinski definition) is 3. The van der Waals surface area contributed by atoms with Crippen LogP contribution in [0.5, 0.6) is 0 Å². The summed E-state index contributed by atoms with van der Waals surface area (Å²) in [5.74, 6) is -0.756. The molecule has 4 nitrogen and oxygen atoms in total. The molecule has 1 fully saturated rings. The maximum absolute atomic E-state index is 11.6. The van der Waals surface area contributed by atoms with E-state index in [0.717, 1.165) is 38.2 Å². The summed E-state index contributed by atoms with van der Waals surface area (Å²) in [6, 6.07) is 9.59. The van der Waals surface area contributed by atoms with Crippen molar-refractivity contribution in [2.45, 2.75) is 32.4 Å². The SMILES string of the molecule is CCC(C)N1CCN(C(C(=O)O)c2ccccc2)CC1. The van der Waals surface area contributed by atoms with Crippen molar-refractivity contribution in [2.75, 3.05) is 26.2 Å². The molecule has 2 atom stereocenters. The van der Waals surface area contributed by atoms with Crippen LogP contribution in [0.3, 0.4) is 0 Å². The van der Waals surface area contributed by atoms with Gasteiger partial charge in [-0.3, -0.25) is 14.6 Å². The molecule has 1 aromatic carbocycles. The molecule has 0 aromatic heterocycles. The molecule has 1 aliphatic heterocycles. The van der Waals surface area contributed by atoms with Crippen LogP contribution in [0.1, 0.15) is 31.9 Å². The van der Waals surface area contributed by atoms with Crippen molar-refractivity contribution in [3.05, 3.63) is 35.9 Å². The van der Waals surface area contributed by atoms with Crippen molar-refractivity contribution in [3.8, 4) is 0 Å². The third-order valence-electron chi connectivity index (χ3n) is 4.28. The number of hydrogen-bond donors (Lipinski definition) is 1. The highest BCUT2D eigenvalue weighted by Crippen LogP contribution is 2.23. The van der Waals surface area contributed by atoms with Gasteiger partial charge in [-0.05, 0) is 18.9 Å². The Morgan fingerprint density at radius 2 is 1.70 bits per heavy atom. The van der Waals surface area contributed by atoms with Gasteiger partial charge in [0.15, 0.2) is 0 Å². The Kier molecular flexibility index (Phi) is 5.15. The van der Waals surface area contributed by atoms with Gasteiger partial charge in [-0.15, -0.1) is 0 Å². The fourth-order valence-corrected chi connectivity index (χ4v) is 2.84. The van der Waals surface area contributed by atoms with Gasteiger partial charge in [-0.2, -0.15) is 0 Å². The lowest BCUT2D eigenvalue weighted by Crippen LogP contribution is -2.51. The van der Waals surface area contributed by atoms with Crippen LogP contribution in [-0.4, -0.2) is 53.1 Å². The van der Waals surface area contributed by atoms with Crippen LogP contribution in [0, 0.1) is 0 Å². The number of carboxylic acids is 1. The van der Waals surface area contributed by atoms with Crippen molar-refractivity contribution >= 4 is 5.97 Å². The molecule has 0 aliphatic carbocycles. The summed E-state index contributed by atoms with van der Waals surface area (Å²) in [5, 5.41) is 9.54. The third kappa shape index (κ3) is 3.38. The topological polar surface area (TPSA) is 43.8 Å². The van der Waals surface area contributed by atoms with E-state index in [0.29, 0.717) is 6.04 Å². The highest BCUT2D eigenvalue weighted by molar-refractivity contribution is 5.75. The average molecular weight is 276 g/mol. The van der Waals surface area contributed by atoms with E-state index in [-0.39, 0.29) is 0 Å². The molecule has 1 aromatic rings. The van der Waals surface area contributed by atoms with Crippen molar-refractivity contribution in [1.29, 1.82) is 0 Å². The fraction of sp³-hybridized carbons (Fsp3) is 0.562. The highest BCUT2D eigenvalue weighted by atomic mass is 16.4. The van der Waals surface area contributed by atoms with Gasteiger partial charge in [0.1, 0.15) is 6.04 Å². The molecule has 1 aliphatic rings. The van der Waals surface area contributed by atoms with Gasteiger partial charge in [0.05, 0.1) is 0 Å². The van der Waals surface area contributed by atoms with Crippen LogP contribution < -0.4 is 0 Å². The fourth-order valence-electron chi connectivity index (χ4n) is 2.84. The number of carbonyl (C=O) groups is 1. The van der Waals surface area contributed by atoms with Gasteiger partial charge in [-0.1, -0.05) is 37.3 Å². The summed E-state index contributed by atoms with van der Waals surface area (Å²) in [4.78, 5) is 16.1. The highest BCUT2D eigenvalue weighted by Gasteiger charge is 2.30. The molecule has 0 bridgehead atoms. The van der Waals surface area contributed by atoms with Gasteiger partial charge in [0.25, 0.3) is 0 Å². The van der Waals surface area contributed by atoms with Crippen molar-refractivity contribution in [2.24, 2.45) is 0 Å². The first-order valence-corrected chi connectivity index (χ1v) is 7.39. The van der Waals surface area contributed by atoms with Crippen molar-refractivity contribution < 1.29 is 9.90 Å². The van der Waals surface area contributed by atoms with Gasteiger partial charge < -0.3 is 5.11 Å². The Morgan fingerprint density at radius 3 is 2.20 bits per heavy atom. The lowest BCUT2D eigenvalue weighted by Gasteiger charge is -2.40. The Hall–Kier alpha value is -1.39. The molecule has 1 N–H and O–H groups in total. The summed E-state index contributed by atoms with van der Waals surface area (Å²) in [7, 11) is 0. The predicted octanol–water partition coefficient (Wildman–Crippen LogP) is 2.23. The van der Waals surface area contributed by atoms with E-state index >= 15 is 0 Å². The molecule has 0 amide bonds. The normalized spacial score (nSPS) is 20.5. The molecule has 0 radical (unpaired) electrons. The minimum absolute atomic E-state index is 0.518. The minimum Gasteiger partial charge on any atom is -0.480 e. The van der Waals surface area contributed by atoms with Crippen molar-refractivity contribution in [3.63, 3.8) is 0 Å². The Labute approximate surface area is 121 Å². The number of rotatable bonds is 5. The molecular formula is C16H24N2O2. The van der Waals surface area contributed by atoms with E-state index < -0.39 is 12.0 Å². The van der Waals surface area contributed by atoms with E-state index in [2.05, 4.69) is 23.6 Å². The largest absolute Gasteiger partial charge is 0.480 e. The summed E-state index contributed by atoms with van der Waals surface area (Å²) in [6.07, 6.45) is 1.14. The molecule has 4 heteroatoms. The maximum Gasteiger partial charge on any atom is 0.325 e. The third-order valence-corrected chi connectivity index (χ3v) is 4.28. The van der Waals surface area contributed by atoms with E-state index in [4.69, 9.17) is 0 Å². The Balaban J connectivity index is 2.05. The maximum atomic E-state index is 11.6. The zero-order chi connectivity index (χ0) is 14.5. The average Bonchev–Trinajstić information content (AvgIpc) is 2.48. The van der Waals surface area contributed by atoms with Gasteiger partial charge in [0, 0.05) is 32.2 Å². The molecule has 1 heterocycles. The number of carboxylic acid groups (broad SMARTS) is 1. The van der Waals surface area contributed by atoms with Gasteiger partial charge >= 0.3 is 5.97 Å². The predicted molar refractivity (Wildman–Crippen MR) is 79.7 cm³/mol. The van der Waals surface area contributed by atoms with Gasteiger partial charge in [0.2, 0.25) is 0 Å². The lowest BCUT2D eigenvalue weighted by atomic mass is 10.0. The summed E-state index contributed by atoms with van der Waals surface area (Å²) in [5.41, 5.74) is 0.872. The smallest absolute Gasteiger partial charge is 0.325 e. The van der Waals surface area contributed by atoms with Crippen LogP contribution >= 0.6 is 0 Å². The summed E-state index contributed by atoms with van der Waals surface area (Å²) >= 11 is 0. The van der Waals surface area contributed by atoms with Crippen LogP contribution in [0.15, 0.2) is 30.3 Å². The van der Waals surface area contributed by atoms with E-state index in [1.165, 1.54) is 0 Å². The second-order valence-corrected chi connectivity index (χ2v) is 5.48. The molecule has 1 saturated heterocycles. The number of nitrogens with zero attached hydrogens (tertiary/aromatic N) is 2. The first-order valence-electron chi connectivity index (χ1n) is 7.39. The van der Waals surface area contributed by atoms with Crippen molar-refractivity contribution in [1.82, 2.24) is 9.80 Å². The number of piperazine rings is 1. The second-order valence-electron chi connectivity index (χ2n) is 5.48. The molecule has 0 spiro atoms. The minimum atomic E-state index is -0.756.